The van der Waals surface area contributed by atoms with Crippen molar-refractivity contribution in [1.82, 2.24) is 0 Å². The van der Waals surface area contributed by atoms with Crippen LogP contribution in [0, 0.1) is 0 Å². The number of hydrogen-bond acceptors (Lipinski definition) is 0. The molecule has 1 fully saturated rings. The monoisotopic (exact) mass is 268 g/mol. The molecule has 4 heteroatoms. The van der Waals surface area contributed by atoms with Crippen LogP contribution in [0.4, 0.5) is 0 Å². The standard InChI is InChI=1S/C10H22Cl2Si2/c1-3-6-13(11)8-5-9-14(12,10-13)7-4-2/h3-10H2,1-2H3. The van der Waals surface area contributed by atoms with Crippen molar-refractivity contribution in [2.45, 2.75) is 63.0 Å². The SMILES string of the molecule is CCC[Si]1(Cl)CCC[Si](Cl)(CCC)C1. The first kappa shape index (κ1) is 13.1. The average molecular weight is 269 g/mol. The van der Waals surface area contributed by atoms with Crippen molar-refractivity contribution in [3.8, 4) is 0 Å². The first-order chi connectivity index (χ1) is 6.54. The lowest BCUT2D eigenvalue weighted by atomic mass is 10.5. The van der Waals surface area contributed by atoms with Gasteiger partial charge in [-0.2, -0.15) is 22.2 Å². The molecule has 0 saturated carbocycles. The summed E-state index contributed by atoms with van der Waals surface area (Å²) < 4.78 is 0. The number of hydrogen-bond donors (Lipinski definition) is 0. The van der Waals surface area contributed by atoms with Crippen molar-refractivity contribution in [3.63, 3.8) is 0 Å². The Kier molecular flexibility index (Phi) is 5.02. The minimum absolute atomic E-state index is 1.25. The number of rotatable bonds is 4. The molecule has 0 aromatic rings. The predicted octanol–water partition coefficient (Wildman–Crippen LogP) is 5.12. The van der Waals surface area contributed by atoms with Crippen LogP contribution < -0.4 is 0 Å². The smallest absolute Gasteiger partial charge is 0.155 e. The van der Waals surface area contributed by atoms with Crippen LogP contribution in [0.3, 0.4) is 0 Å². The molecular weight excluding hydrogens is 247 g/mol. The van der Waals surface area contributed by atoms with Crippen LogP contribution >= 0.6 is 22.2 Å². The van der Waals surface area contributed by atoms with Crippen molar-refractivity contribution in [2.75, 3.05) is 0 Å². The molecule has 84 valence electrons. The van der Waals surface area contributed by atoms with Crippen molar-refractivity contribution < 1.29 is 0 Å². The molecule has 1 aliphatic heterocycles. The molecule has 2 unspecified atom stereocenters. The van der Waals surface area contributed by atoms with Gasteiger partial charge in [-0.15, -0.1) is 0 Å². The first-order valence-electron chi connectivity index (χ1n) is 5.91. The van der Waals surface area contributed by atoms with E-state index in [-0.39, 0.29) is 0 Å². The van der Waals surface area contributed by atoms with E-state index in [2.05, 4.69) is 13.8 Å². The van der Waals surface area contributed by atoms with Gasteiger partial charge in [0.2, 0.25) is 0 Å². The van der Waals surface area contributed by atoms with Gasteiger partial charge in [-0.1, -0.05) is 33.1 Å². The van der Waals surface area contributed by atoms with E-state index in [9.17, 15) is 0 Å². The van der Waals surface area contributed by atoms with Crippen LogP contribution in [0.15, 0.2) is 0 Å². The lowest BCUT2D eigenvalue weighted by Gasteiger charge is -2.38. The highest BCUT2D eigenvalue weighted by molar-refractivity contribution is 7.33. The number of halogens is 2. The molecule has 2 atom stereocenters. The maximum absolute atomic E-state index is 6.78. The van der Waals surface area contributed by atoms with Gasteiger partial charge in [0.1, 0.15) is 0 Å². The second-order valence-corrected chi connectivity index (χ2v) is 17.7. The van der Waals surface area contributed by atoms with Gasteiger partial charge in [0.15, 0.2) is 14.8 Å². The van der Waals surface area contributed by atoms with E-state index < -0.39 is 14.8 Å². The predicted molar refractivity (Wildman–Crippen MR) is 72.4 cm³/mol. The summed E-state index contributed by atoms with van der Waals surface area (Å²) in [5, 5.41) is 0. The Balaban J connectivity index is 2.58. The third kappa shape index (κ3) is 3.55. The molecule has 1 rings (SSSR count). The van der Waals surface area contributed by atoms with E-state index in [1.807, 2.05) is 0 Å². The molecule has 0 spiro atoms. The van der Waals surface area contributed by atoms with E-state index in [4.69, 9.17) is 22.2 Å². The van der Waals surface area contributed by atoms with E-state index in [0.29, 0.717) is 0 Å². The summed E-state index contributed by atoms with van der Waals surface area (Å²) in [5.41, 5.74) is 1.28. The van der Waals surface area contributed by atoms with Crippen molar-refractivity contribution in [2.24, 2.45) is 0 Å². The van der Waals surface area contributed by atoms with E-state index >= 15 is 0 Å². The van der Waals surface area contributed by atoms with E-state index in [1.165, 1.54) is 49.1 Å². The zero-order valence-electron chi connectivity index (χ0n) is 9.41. The molecule has 0 nitrogen and oxygen atoms in total. The molecule has 1 aliphatic rings. The van der Waals surface area contributed by atoms with Crippen LogP contribution in [0.25, 0.3) is 0 Å². The van der Waals surface area contributed by atoms with Gasteiger partial charge < -0.3 is 0 Å². The summed E-state index contributed by atoms with van der Waals surface area (Å²) in [6.45, 7) is 4.51. The molecule has 0 bridgehead atoms. The lowest BCUT2D eigenvalue weighted by Crippen LogP contribution is -2.44. The van der Waals surface area contributed by atoms with Crippen molar-refractivity contribution in [3.05, 3.63) is 0 Å². The molecule has 0 N–H and O–H groups in total. The molecule has 0 radical (unpaired) electrons. The van der Waals surface area contributed by atoms with Gasteiger partial charge in [0.05, 0.1) is 0 Å². The molecule has 1 saturated heterocycles. The normalized spacial score (nSPS) is 38.6. The molecule has 0 aliphatic carbocycles. The minimum atomic E-state index is -1.41. The Morgan fingerprint density at radius 3 is 1.71 bits per heavy atom. The fourth-order valence-corrected chi connectivity index (χ4v) is 21.6. The fourth-order valence-electron chi connectivity index (χ4n) is 2.79. The summed E-state index contributed by atoms with van der Waals surface area (Å²) in [4.78, 5) is 0. The zero-order chi connectivity index (χ0) is 10.7. The largest absolute Gasteiger partial charge is 0.167 e. The quantitative estimate of drug-likeness (QED) is 0.491. The van der Waals surface area contributed by atoms with Crippen LogP contribution in [0.5, 0.6) is 0 Å². The van der Waals surface area contributed by atoms with Gasteiger partial charge in [0, 0.05) is 0 Å². The Labute approximate surface area is 99.8 Å². The van der Waals surface area contributed by atoms with Gasteiger partial charge >= 0.3 is 0 Å². The second-order valence-electron chi connectivity index (χ2n) is 4.83. The second kappa shape index (κ2) is 5.37. The van der Waals surface area contributed by atoms with Crippen LogP contribution in [0.1, 0.15) is 33.1 Å². The van der Waals surface area contributed by atoms with Crippen molar-refractivity contribution in [1.29, 1.82) is 0 Å². The summed E-state index contributed by atoms with van der Waals surface area (Å²) >= 11 is 13.6. The van der Waals surface area contributed by atoms with Crippen molar-refractivity contribution >= 4 is 36.9 Å². The zero-order valence-corrected chi connectivity index (χ0v) is 12.9. The molecular formula is C10H22Cl2Si2. The summed E-state index contributed by atoms with van der Waals surface area (Å²) in [5.74, 6) is 0. The van der Waals surface area contributed by atoms with E-state index in [1.54, 1.807) is 0 Å². The molecule has 0 aromatic heterocycles. The Bertz CT molecular complexity index is 163. The summed E-state index contributed by atoms with van der Waals surface area (Å²) in [7, 11) is -2.81. The third-order valence-corrected chi connectivity index (χ3v) is 18.3. The maximum Gasteiger partial charge on any atom is 0.155 e. The lowest BCUT2D eigenvalue weighted by molar-refractivity contribution is 0.932. The molecule has 1 heterocycles. The summed E-state index contributed by atoms with van der Waals surface area (Å²) in [6.07, 6.45) is 3.83. The highest BCUT2D eigenvalue weighted by Gasteiger charge is 2.45. The first-order valence-corrected chi connectivity index (χ1v) is 13.2. The fraction of sp³-hybridized carbons (Fsp3) is 1.00. The molecule has 0 amide bonds. The highest BCUT2D eigenvalue weighted by Crippen LogP contribution is 2.44. The van der Waals surface area contributed by atoms with Gasteiger partial charge in [-0.3, -0.25) is 0 Å². The summed E-state index contributed by atoms with van der Waals surface area (Å²) in [6, 6.07) is 5.24. The van der Waals surface area contributed by atoms with Crippen LogP contribution in [-0.2, 0) is 0 Å². The van der Waals surface area contributed by atoms with Crippen LogP contribution in [-0.4, -0.2) is 14.8 Å². The topological polar surface area (TPSA) is 0 Å². The average Bonchev–Trinajstić information content (AvgIpc) is 2.02. The Morgan fingerprint density at radius 2 is 1.36 bits per heavy atom. The maximum atomic E-state index is 6.78. The Morgan fingerprint density at radius 1 is 0.929 bits per heavy atom. The Hall–Kier alpha value is 1.01. The van der Waals surface area contributed by atoms with Gasteiger partial charge in [-0.05, 0) is 29.8 Å². The molecule has 0 aromatic carbocycles. The van der Waals surface area contributed by atoms with Gasteiger partial charge in [0.25, 0.3) is 0 Å². The van der Waals surface area contributed by atoms with Gasteiger partial charge in [-0.25, -0.2) is 0 Å². The highest BCUT2D eigenvalue weighted by atomic mass is 35.6. The van der Waals surface area contributed by atoms with E-state index in [0.717, 1.165) is 0 Å². The minimum Gasteiger partial charge on any atom is -0.167 e. The third-order valence-electron chi connectivity index (χ3n) is 3.28. The van der Waals surface area contributed by atoms with Crippen LogP contribution in [0.2, 0.25) is 29.8 Å². The molecule has 14 heavy (non-hydrogen) atoms.